The molecule has 3 rings (SSSR count). The minimum Gasteiger partial charge on any atom is -0.426 e. The van der Waals surface area contributed by atoms with Crippen LogP contribution in [0.25, 0.3) is 16.8 Å². The van der Waals surface area contributed by atoms with Crippen molar-refractivity contribution in [3.8, 4) is 0 Å². The summed E-state index contributed by atoms with van der Waals surface area (Å²) in [5, 5.41) is 39.5. The lowest BCUT2D eigenvalue weighted by molar-refractivity contribution is 0.397. The molecule has 2 aromatic rings. The Balaban J connectivity index is 2.35. The highest BCUT2D eigenvalue weighted by molar-refractivity contribution is 6.60. The standard InChI is InChI=1S/C13H12B2O4/c16-14(17)11-6-4-8-2-1-3-9-12(15(18)19)7-5-10(11)13(8)9/h1-7,12,16-19H. The average molecular weight is 254 g/mol. The molecule has 2 aromatic carbocycles. The Morgan fingerprint density at radius 3 is 2.42 bits per heavy atom. The van der Waals surface area contributed by atoms with Crippen LogP contribution < -0.4 is 5.46 Å². The van der Waals surface area contributed by atoms with E-state index < -0.39 is 20.1 Å². The van der Waals surface area contributed by atoms with E-state index in [1.54, 1.807) is 24.3 Å². The minimum atomic E-state index is -1.55. The quantitative estimate of drug-likeness (QED) is 0.552. The SMILES string of the molecule is OB(O)c1ccc2cccc3c2c1C=CC3B(O)O. The van der Waals surface area contributed by atoms with Crippen molar-refractivity contribution in [3.63, 3.8) is 0 Å². The van der Waals surface area contributed by atoms with Gasteiger partial charge in [0.25, 0.3) is 0 Å². The fraction of sp³-hybridized carbons (Fsp3) is 0.0769. The van der Waals surface area contributed by atoms with Gasteiger partial charge in [0.05, 0.1) is 0 Å². The highest BCUT2D eigenvalue weighted by Gasteiger charge is 2.29. The van der Waals surface area contributed by atoms with E-state index in [0.717, 1.165) is 21.9 Å². The largest absolute Gasteiger partial charge is 0.489 e. The maximum Gasteiger partial charge on any atom is 0.489 e. The van der Waals surface area contributed by atoms with Gasteiger partial charge < -0.3 is 20.1 Å². The Labute approximate surface area is 110 Å². The summed E-state index contributed by atoms with van der Waals surface area (Å²) in [7, 11) is -3.02. The third-order valence-corrected chi connectivity index (χ3v) is 3.58. The summed E-state index contributed by atoms with van der Waals surface area (Å²) in [6.45, 7) is 0. The van der Waals surface area contributed by atoms with Gasteiger partial charge in [0.1, 0.15) is 0 Å². The van der Waals surface area contributed by atoms with E-state index in [4.69, 9.17) is 0 Å². The third-order valence-electron chi connectivity index (χ3n) is 3.58. The minimum absolute atomic E-state index is 0.419. The zero-order valence-electron chi connectivity index (χ0n) is 10.1. The van der Waals surface area contributed by atoms with Crippen LogP contribution in [0.5, 0.6) is 0 Å². The van der Waals surface area contributed by atoms with E-state index in [9.17, 15) is 20.1 Å². The van der Waals surface area contributed by atoms with Crippen LogP contribution in [0.3, 0.4) is 0 Å². The molecule has 1 aliphatic rings. The first kappa shape index (κ1) is 12.4. The van der Waals surface area contributed by atoms with E-state index in [1.807, 2.05) is 18.2 Å². The number of rotatable bonds is 2. The summed E-state index contributed by atoms with van der Waals surface area (Å²) in [6.07, 6.45) is 3.39. The first-order chi connectivity index (χ1) is 9.09. The molecule has 0 radical (unpaired) electrons. The molecule has 4 N–H and O–H groups in total. The topological polar surface area (TPSA) is 80.9 Å². The van der Waals surface area contributed by atoms with Gasteiger partial charge in [-0.3, -0.25) is 0 Å². The summed E-state index contributed by atoms with van der Waals surface area (Å²) >= 11 is 0. The third kappa shape index (κ3) is 1.89. The fourth-order valence-electron chi connectivity index (χ4n) is 2.70. The molecule has 1 aliphatic carbocycles. The summed E-state index contributed by atoms with van der Waals surface area (Å²) in [5.41, 5.74) is 1.93. The summed E-state index contributed by atoms with van der Waals surface area (Å²) in [5.74, 6) is -0.498. The van der Waals surface area contributed by atoms with Crippen molar-refractivity contribution in [2.75, 3.05) is 0 Å². The molecule has 94 valence electrons. The second-order valence-corrected chi connectivity index (χ2v) is 4.69. The predicted molar refractivity (Wildman–Crippen MR) is 75.7 cm³/mol. The summed E-state index contributed by atoms with van der Waals surface area (Å²) in [4.78, 5) is 0. The van der Waals surface area contributed by atoms with Crippen LogP contribution >= 0.6 is 0 Å². The molecule has 0 saturated heterocycles. The van der Waals surface area contributed by atoms with Crippen molar-refractivity contribution in [3.05, 3.63) is 47.5 Å². The van der Waals surface area contributed by atoms with Crippen LogP contribution in [-0.2, 0) is 0 Å². The first-order valence-corrected chi connectivity index (χ1v) is 6.05. The van der Waals surface area contributed by atoms with Crippen molar-refractivity contribution >= 4 is 36.5 Å². The number of hydrogen-bond donors (Lipinski definition) is 4. The van der Waals surface area contributed by atoms with Gasteiger partial charge in [-0.15, -0.1) is 0 Å². The van der Waals surface area contributed by atoms with Gasteiger partial charge >= 0.3 is 14.2 Å². The van der Waals surface area contributed by atoms with Crippen LogP contribution in [0.15, 0.2) is 36.4 Å². The van der Waals surface area contributed by atoms with Crippen molar-refractivity contribution in [1.29, 1.82) is 0 Å². The normalized spacial score (nSPS) is 16.7. The van der Waals surface area contributed by atoms with Crippen molar-refractivity contribution in [2.24, 2.45) is 0 Å². The lowest BCUT2D eigenvalue weighted by Gasteiger charge is -2.22. The van der Waals surface area contributed by atoms with E-state index in [-0.39, 0.29) is 0 Å². The zero-order valence-corrected chi connectivity index (χ0v) is 10.1. The van der Waals surface area contributed by atoms with Crippen molar-refractivity contribution < 1.29 is 20.1 Å². The number of benzene rings is 2. The second kappa shape index (κ2) is 4.51. The fourth-order valence-corrected chi connectivity index (χ4v) is 2.70. The molecule has 4 nitrogen and oxygen atoms in total. The van der Waals surface area contributed by atoms with E-state index in [1.165, 1.54) is 0 Å². The Hall–Kier alpha value is -1.59. The Morgan fingerprint density at radius 1 is 0.947 bits per heavy atom. The molecule has 0 heterocycles. The molecule has 19 heavy (non-hydrogen) atoms. The molecule has 0 fully saturated rings. The summed E-state index contributed by atoms with van der Waals surface area (Å²) in [6, 6.07) is 9.07. The van der Waals surface area contributed by atoms with Crippen LogP contribution in [0.2, 0.25) is 0 Å². The molecule has 6 heteroatoms. The van der Waals surface area contributed by atoms with Gasteiger partial charge in [-0.2, -0.15) is 0 Å². The van der Waals surface area contributed by atoms with Crippen LogP contribution in [0.4, 0.5) is 0 Å². The molecular weight excluding hydrogens is 242 g/mol. The molecule has 1 atom stereocenters. The number of allylic oxidation sites excluding steroid dienone is 1. The smallest absolute Gasteiger partial charge is 0.426 e. The van der Waals surface area contributed by atoms with Crippen molar-refractivity contribution in [2.45, 2.75) is 5.82 Å². The Bertz CT molecular complexity index is 667. The monoisotopic (exact) mass is 254 g/mol. The van der Waals surface area contributed by atoms with Crippen molar-refractivity contribution in [1.82, 2.24) is 0 Å². The van der Waals surface area contributed by atoms with Gasteiger partial charge in [0.2, 0.25) is 0 Å². The van der Waals surface area contributed by atoms with E-state index in [0.29, 0.717) is 5.46 Å². The van der Waals surface area contributed by atoms with Gasteiger partial charge in [0.15, 0.2) is 0 Å². The maximum atomic E-state index is 9.44. The molecule has 0 amide bonds. The summed E-state index contributed by atoms with van der Waals surface area (Å²) < 4.78 is 0. The van der Waals surface area contributed by atoms with Gasteiger partial charge in [-0.25, -0.2) is 0 Å². The highest BCUT2D eigenvalue weighted by Crippen LogP contribution is 2.34. The molecular formula is C13H12B2O4. The highest BCUT2D eigenvalue weighted by atomic mass is 16.4. The molecule has 0 spiro atoms. The molecule has 0 saturated carbocycles. The zero-order chi connectivity index (χ0) is 13.6. The predicted octanol–water partition coefficient (Wildman–Crippen LogP) is -0.358. The Morgan fingerprint density at radius 2 is 1.74 bits per heavy atom. The van der Waals surface area contributed by atoms with Gasteiger partial charge in [0, 0.05) is 5.82 Å². The Kier molecular flexibility index (Phi) is 2.95. The molecule has 1 unspecified atom stereocenters. The molecule has 0 aliphatic heterocycles. The molecule has 0 bridgehead atoms. The number of hydrogen-bond acceptors (Lipinski definition) is 4. The first-order valence-electron chi connectivity index (χ1n) is 6.05. The van der Waals surface area contributed by atoms with Gasteiger partial charge in [-0.1, -0.05) is 42.5 Å². The van der Waals surface area contributed by atoms with E-state index >= 15 is 0 Å². The molecule has 0 aromatic heterocycles. The van der Waals surface area contributed by atoms with E-state index in [2.05, 4.69) is 0 Å². The van der Waals surface area contributed by atoms with Crippen LogP contribution in [-0.4, -0.2) is 34.3 Å². The average Bonchev–Trinajstić information content (AvgIpc) is 2.39. The van der Waals surface area contributed by atoms with Gasteiger partial charge in [-0.05, 0) is 27.4 Å². The van der Waals surface area contributed by atoms with Crippen LogP contribution in [0.1, 0.15) is 16.9 Å². The lowest BCUT2D eigenvalue weighted by Crippen LogP contribution is -2.33. The second-order valence-electron chi connectivity index (χ2n) is 4.69. The van der Waals surface area contributed by atoms with Crippen LogP contribution in [0, 0.1) is 0 Å². The lowest BCUT2D eigenvalue weighted by atomic mass is 9.63. The maximum absolute atomic E-state index is 9.44.